The van der Waals surface area contributed by atoms with Crippen molar-refractivity contribution in [3.05, 3.63) is 70.3 Å². The van der Waals surface area contributed by atoms with Gasteiger partial charge < -0.3 is 33.7 Å². The Bertz CT molecular complexity index is 2530. The van der Waals surface area contributed by atoms with Gasteiger partial charge in [-0.2, -0.15) is 0 Å². The van der Waals surface area contributed by atoms with E-state index in [2.05, 4.69) is 66.6 Å². The highest BCUT2D eigenvalue weighted by molar-refractivity contribution is 7.10. The van der Waals surface area contributed by atoms with Crippen LogP contribution in [-0.2, 0) is 48.0 Å². The summed E-state index contributed by atoms with van der Waals surface area (Å²) in [6.07, 6.45) is 3.52. The normalized spacial score (nSPS) is 20.0. The van der Waals surface area contributed by atoms with Crippen LogP contribution in [0.15, 0.2) is 54.1 Å². The van der Waals surface area contributed by atoms with Crippen LogP contribution >= 0.6 is 11.3 Å². The molecule has 3 aliphatic heterocycles. The summed E-state index contributed by atoms with van der Waals surface area (Å²) in [4.78, 5) is 86.7. The second-order valence-electron chi connectivity index (χ2n) is 19.5. The monoisotopic (exact) mass is 953 g/mol. The Balaban J connectivity index is 1.20. The zero-order valence-electron chi connectivity index (χ0n) is 40.7. The fourth-order valence-electron chi connectivity index (χ4n) is 9.59. The van der Waals surface area contributed by atoms with Gasteiger partial charge in [0, 0.05) is 98.4 Å². The van der Waals surface area contributed by atoms with Crippen LogP contribution in [0.25, 0.3) is 33.4 Å². The van der Waals surface area contributed by atoms with Crippen molar-refractivity contribution in [3.8, 4) is 22.5 Å². The second kappa shape index (κ2) is 20.4. The molecule has 360 valence electrons. The average Bonchev–Trinajstić information content (AvgIpc) is 3.89. The number of thiazole rings is 1. The van der Waals surface area contributed by atoms with Crippen LogP contribution in [0.4, 0.5) is 4.79 Å². The molecule has 0 saturated carbocycles. The number of rotatable bonds is 11. The highest BCUT2D eigenvalue weighted by Crippen LogP contribution is 2.42. The minimum absolute atomic E-state index is 0.141. The maximum Gasteiger partial charge on any atom is 0.324 e. The van der Waals surface area contributed by atoms with Crippen LogP contribution in [0.2, 0.25) is 5.54 Å². The third-order valence-corrected chi connectivity index (χ3v) is 16.0. The summed E-state index contributed by atoms with van der Waals surface area (Å²) >= 11 is 1.48. The van der Waals surface area contributed by atoms with E-state index in [1.165, 1.54) is 21.2 Å². The number of cyclic esters (lactones) is 1. The maximum atomic E-state index is 14.6. The number of likely N-dealkylation sites (N-methyl/N-ethyl adjacent to an activating group) is 2. The molecule has 0 spiro atoms. The summed E-state index contributed by atoms with van der Waals surface area (Å²) in [5.41, 5.74) is 9.31. The number of aromatic nitrogens is 3. The predicted octanol–water partition coefficient (Wildman–Crippen LogP) is 5.50. The lowest BCUT2D eigenvalue weighted by molar-refractivity contribution is -0.154. The Hall–Kier alpha value is -5.43. The van der Waals surface area contributed by atoms with Crippen molar-refractivity contribution in [2.45, 2.75) is 110 Å². The van der Waals surface area contributed by atoms with Crippen LogP contribution < -0.4 is 10.4 Å². The van der Waals surface area contributed by atoms with Gasteiger partial charge in [0.2, 0.25) is 17.7 Å². The molecule has 67 heavy (non-hydrogen) atoms. The molecule has 2 saturated heterocycles. The number of aryl methyl sites for hydroxylation is 1. The van der Waals surface area contributed by atoms with Crippen LogP contribution in [0, 0.1) is 11.3 Å². The van der Waals surface area contributed by atoms with Crippen molar-refractivity contribution >= 4 is 61.6 Å². The van der Waals surface area contributed by atoms with E-state index in [9.17, 15) is 24.0 Å². The maximum absolute atomic E-state index is 14.6. The van der Waals surface area contributed by atoms with E-state index in [4.69, 9.17) is 19.4 Å². The molecule has 1 unspecified atom stereocenters. The molecule has 2 N–H and O–H groups in total. The lowest BCUT2D eigenvalue weighted by Gasteiger charge is -2.45. The summed E-state index contributed by atoms with van der Waals surface area (Å²) in [5, 5.41) is 5.37. The minimum atomic E-state index is -1.72. The summed E-state index contributed by atoms with van der Waals surface area (Å²) < 4.78 is 14.3. The Morgan fingerprint density at radius 1 is 1.15 bits per heavy atom. The number of likely N-dealkylation sites (tertiary alicyclic amines) is 1. The van der Waals surface area contributed by atoms with E-state index in [0.29, 0.717) is 51.0 Å². The van der Waals surface area contributed by atoms with E-state index >= 15 is 0 Å². The molecule has 16 nitrogen and oxygen atoms in total. The first-order valence-electron chi connectivity index (χ1n) is 23.4. The average molecular weight is 954 g/mol. The first kappa shape index (κ1) is 49.5. The number of nitrogens with one attached hydrogen (secondary N) is 2. The number of amides is 5. The molecule has 2 fully saturated rings. The summed E-state index contributed by atoms with van der Waals surface area (Å²) in [6, 6.07) is 8.42. The number of esters is 1. The van der Waals surface area contributed by atoms with Gasteiger partial charge in [0.15, 0.2) is 0 Å². The lowest BCUT2D eigenvalue weighted by Crippen LogP contribution is -2.64. The largest absolute Gasteiger partial charge is 0.464 e. The van der Waals surface area contributed by atoms with Crippen molar-refractivity contribution in [2.75, 3.05) is 47.4 Å². The first-order valence-corrected chi connectivity index (χ1v) is 25.8. The van der Waals surface area contributed by atoms with Crippen molar-refractivity contribution < 1.29 is 33.4 Å². The van der Waals surface area contributed by atoms with E-state index < -0.39 is 38.7 Å². The number of carbonyl (C=O) groups is 5. The van der Waals surface area contributed by atoms with Gasteiger partial charge in [-0.05, 0) is 75.8 Å². The first-order chi connectivity index (χ1) is 31.8. The number of carbonyl (C=O) groups excluding carboxylic acids is 5. The van der Waals surface area contributed by atoms with Crippen molar-refractivity contribution in [2.24, 2.45) is 11.3 Å². The fourth-order valence-corrected chi connectivity index (χ4v) is 12.2. The summed E-state index contributed by atoms with van der Waals surface area (Å²) in [5.74, 6) is -1.36. The standard InChI is InChI=1S/C49H67N9O7SSi/c1-12-57-38-18-17-31-21-34(38)35(43(57)33-15-13-19-50-41(33)30(6)64-11)23-49(7,8)27-65-47(62)36-16-14-20-58(52-36)46(61)39(22-40-51-37(31)26-66-40)67-53-44(59)42(28(2)3)55(10)48(63)54(9)32-24-56(25-32)45(60)29(4)5/h13,15,17-19,21,26,28,30,32,36,39,42,52H,4,12,14,16,20,22-25,27,67H2,1-3,5-11H3,(H,53,59)/t30-,36-,39?,42-/m0/s1. The quantitative estimate of drug-likeness (QED) is 0.111. The van der Waals surface area contributed by atoms with E-state index in [-0.39, 0.29) is 54.8 Å². The molecule has 4 aromatic rings. The molecular formula is C49H67N9O7SSi. The minimum Gasteiger partial charge on any atom is -0.464 e. The Morgan fingerprint density at radius 3 is 2.58 bits per heavy atom. The van der Waals surface area contributed by atoms with Crippen LogP contribution in [-0.4, -0.2) is 139 Å². The number of hydrazine groups is 1. The number of pyridine rings is 1. The highest BCUT2D eigenvalue weighted by atomic mass is 32.1. The molecule has 3 aromatic heterocycles. The molecule has 3 aliphatic rings. The third kappa shape index (κ3) is 10.4. The summed E-state index contributed by atoms with van der Waals surface area (Å²) in [7, 11) is 3.27. The second-order valence-corrected chi connectivity index (χ2v) is 22.2. The number of urea groups is 1. The van der Waals surface area contributed by atoms with Crippen LogP contribution in [0.5, 0.6) is 0 Å². The molecule has 6 bridgehead atoms. The smallest absolute Gasteiger partial charge is 0.324 e. The fraction of sp³-hybridized carbons (Fsp3) is 0.531. The van der Waals surface area contributed by atoms with E-state index in [1.807, 2.05) is 32.2 Å². The van der Waals surface area contributed by atoms with Gasteiger partial charge in [0.05, 0.1) is 46.4 Å². The predicted molar refractivity (Wildman–Crippen MR) is 263 cm³/mol. The number of hydrogen-bond acceptors (Lipinski definition) is 11. The number of nitrogens with zero attached hydrogens (tertiary/aromatic N) is 7. The lowest BCUT2D eigenvalue weighted by atomic mass is 9.84. The van der Waals surface area contributed by atoms with Gasteiger partial charge >= 0.3 is 12.0 Å². The number of benzene rings is 1. The summed E-state index contributed by atoms with van der Waals surface area (Å²) in [6.45, 7) is 19.6. The van der Waals surface area contributed by atoms with Gasteiger partial charge in [-0.15, -0.1) is 11.3 Å². The topological polar surface area (TPSA) is 172 Å². The number of fused-ring (bicyclic) bond motifs is 6. The molecule has 6 heterocycles. The number of methoxy groups -OCH3 is 1. The molecule has 4 atom stereocenters. The molecular weight excluding hydrogens is 887 g/mol. The highest BCUT2D eigenvalue weighted by Gasteiger charge is 2.40. The number of ether oxygens (including phenoxy) is 2. The molecule has 18 heteroatoms. The zero-order valence-corrected chi connectivity index (χ0v) is 42.9. The molecule has 0 radical (unpaired) electrons. The van der Waals surface area contributed by atoms with Crippen molar-refractivity contribution in [3.63, 3.8) is 0 Å². The molecule has 5 amide bonds. The molecule has 0 aliphatic carbocycles. The third-order valence-electron chi connectivity index (χ3n) is 13.4. The molecule has 7 rings (SSSR count). The number of hydrogen-bond donors (Lipinski definition) is 2. The van der Waals surface area contributed by atoms with Crippen LogP contribution in [0.3, 0.4) is 0 Å². The van der Waals surface area contributed by atoms with Crippen molar-refractivity contribution in [1.29, 1.82) is 0 Å². The van der Waals surface area contributed by atoms with Gasteiger partial charge in [-0.25, -0.2) is 15.2 Å². The Morgan fingerprint density at radius 2 is 1.90 bits per heavy atom. The van der Waals surface area contributed by atoms with Gasteiger partial charge in [0.25, 0.3) is 0 Å². The van der Waals surface area contributed by atoms with E-state index in [0.717, 1.165) is 49.7 Å². The van der Waals surface area contributed by atoms with Crippen LogP contribution in [0.1, 0.15) is 83.7 Å². The van der Waals surface area contributed by atoms with E-state index in [1.54, 1.807) is 44.1 Å². The SMILES string of the molecule is C=C(C)C(=O)N1CC(N(C)C(=O)N(C)[C@H](C(=O)N[SiH2]C2Cc3nc(cs3)-c3ccc4c(c3)c(c(-c3cccnc3[C@H](C)OC)n4CC)CC(C)(C)COC(=O)[C@@H]3CCCN(N3)C2=O)C(C)C)C1. The van der Waals surface area contributed by atoms with Gasteiger partial charge in [-0.3, -0.25) is 29.2 Å². The van der Waals surface area contributed by atoms with Crippen molar-refractivity contribution in [1.82, 2.24) is 44.7 Å². The van der Waals surface area contributed by atoms with Gasteiger partial charge in [0.1, 0.15) is 21.8 Å². The molecule has 1 aromatic carbocycles. The Labute approximate surface area is 400 Å². The zero-order chi connectivity index (χ0) is 48.5. The Kier molecular flexibility index (Phi) is 15.1. The van der Waals surface area contributed by atoms with Gasteiger partial charge in [-0.1, -0.05) is 40.3 Å².